The molecule has 0 aromatic rings. The van der Waals surface area contributed by atoms with Gasteiger partial charge in [-0.1, -0.05) is 0 Å². The topological polar surface area (TPSA) is 21.3 Å². The second kappa shape index (κ2) is 2.24. The van der Waals surface area contributed by atoms with E-state index in [0.717, 1.165) is 5.88 Å². The average molecular weight is 109 g/mol. The molecule has 0 bridgehead atoms. The fourth-order valence-corrected chi connectivity index (χ4v) is 0.460. The van der Waals surface area contributed by atoms with Gasteiger partial charge in [-0.15, -0.1) is 5.73 Å². The van der Waals surface area contributed by atoms with Crippen molar-refractivity contribution in [3.05, 3.63) is 30.0 Å². The number of methoxy groups -OCH3 is 1. The van der Waals surface area contributed by atoms with Gasteiger partial charge in [0.1, 0.15) is 0 Å². The molecular weight excluding hydrogens is 102 g/mol. The summed E-state index contributed by atoms with van der Waals surface area (Å²) in [4.78, 5) is 0. The van der Waals surface area contributed by atoms with Crippen molar-refractivity contribution in [3.63, 3.8) is 0 Å². The molecule has 1 heterocycles. The van der Waals surface area contributed by atoms with Gasteiger partial charge in [0.25, 0.3) is 0 Å². The number of hydrogen-bond acceptors (Lipinski definition) is 2. The van der Waals surface area contributed by atoms with Crippen LogP contribution in [0.15, 0.2) is 30.0 Å². The monoisotopic (exact) mass is 109 g/mol. The second-order valence-electron chi connectivity index (χ2n) is 1.36. The summed E-state index contributed by atoms with van der Waals surface area (Å²) in [6.45, 7) is 0. The lowest BCUT2D eigenvalue weighted by atomic mass is 10.5. The smallest absolute Gasteiger partial charge is 0.191 e. The van der Waals surface area contributed by atoms with Gasteiger partial charge in [-0.25, -0.2) is 0 Å². The Bertz CT molecular complexity index is 163. The minimum absolute atomic E-state index is 0.753. The maximum atomic E-state index is 4.84. The zero-order valence-electron chi connectivity index (χ0n) is 4.64. The molecule has 1 aliphatic rings. The van der Waals surface area contributed by atoms with E-state index < -0.39 is 0 Å². The first-order valence-electron chi connectivity index (χ1n) is 2.35. The lowest BCUT2D eigenvalue weighted by molar-refractivity contribution is 0.271. The lowest BCUT2D eigenvalue weighted by Crippen LogP contribution is -2.06. The molecule has 0 unspecified atom stereocenters. The van der Waals surface area contributed by atoms with Gasteiger partial charge in [0.2, 0.25) is 0 Å². The Hall–Kier alpha value is -1.14. The highest BCUT2D eigenvalue weighted by Gasteiger charge is 1.88. The Morgan fingerprint density at radius 1 is 1.75 bits per heavy atom. The Kier molecular flexibility index (Phi) is 1.40. The molecule has 0 amide bonds. The second-order valence-corrected chi connectivity index (χ2v) is 1.36. The third-order valence-corrected chi connectivity index (χ3v) is 0.849. The van der Waals surface area contributed by atoms with Crippen molar-refractivity contribution in [2.24, 2.45) is 0 Å². The molecule has 2 nitrogen and oxygen atoms in total. The highest BCUT2D eigenvalue weighted by Crippen LogP contribution is 1.92. The first-order valence-corrected chi connectivity index (χ1v) is 2.35. The maximum Gasteiger partial charge on any atom is 0.191 e. The van der Waals surface area contributed by atoms with Crippen molar-refractivity contribution in [2.45, 2.75) is 0 Å². The maximum absolute atomic E-state index is 4.84. The third kappa shape index (κ3) is 0.922. The van der Waals surface area contributed by atoms with Crippen LogP contribution in [0.1, 0.15) is 0 Å². The Labute approximate surface area is 48.2 Å². The Morgan fingerprint density at radius 3 is 3.00 bits per heavy atom. The van der Waals surface area contributed by atoms with Crippen LogP contribution in [0.4, 0.5) is 0 Å². The van der Waals surface area contributed by atoms with Gasteiger partial charge in [0.15, 0.2) is 5.88 Å². The minimum atomic E-state index is 0.753. The van der Waals surface area contributed by atoms with E-state index >= 15 is 0 Å². The van der Waals surface area contributed by atoms with Crippen LogP contribution >= 0.6 is 0 Å². The molecule has 1 rings (SSSR count). The summed E-state index contributed by atoms with van der Waals surface area (Å²) in [6, 6.07) is 0. The lowest BCUT2D eigenvalue weighted by Gasteiger charge is -2.03. The predicted molar refractivity (Wildman–Crippen MR) is 30.9 cm³/mol. The molecule has 0 saturated heterocycles. The summed E-state index contributed by atoms with van der Waals surface area (Å²) < 4.78 is 4.84. The van der Waals surface area contributed by atoms with Gasteiger partial charge in [-0.2, -0.15) is 0 Å². The van der Waals surface area contributed by atoms with Gasteiger partial charge in [0, 0.05) is 12.3 Å². The van der Waals surface area contributed by atoms with E-state index in [1.807, 2.05) is 0 Å². The van der Waals surface area contributed by atoms with Gasteiger partial charge >= 0.3 is 0 Å². The molecule has 0 aromatic carbocycles. The van der Waals surface area contributed by atoms with Crippen LogP contribution in [-0.2, 0) is 4.74 Å². The highest BCUT2D eigenvalue weighted by molar-refractivity contribution is 5.12. The summed E-state index contributed by atoms with van der Waals surface area (Å²) >= 11 is 0. The predicted octanol–water partition coefficient (Wildman–Crippen LogP) is 0.746. The van der Waals surface area contributed by atoms with Crippen LogP contribution < -0.4 is 5.32 Å². The summed E-state index contributed by atoms with van der Waals surface area (Å²) in [5.41, 5.74) is 2.83. The SMILES string of the molecule is COC1=CC=C=CN1. The van der Waals surface area contributed by atoms with Crippen LogP contribution in [0.5, 0.6) is 0 Å². The first-order chi connectivity index (χ1) is 3.93. The molecule has 0 aliphatic carbocycles. The van der Waals surface area contributed by atoms with Crippen molar-refractivity contribution in [1.82, 2.24) is 5.32 Å². The number of allylic oxidation sites excluding steroid dienone is 2. The molecule has 0 spiro atoms. The van der Waals surface area contributed by atoms with Crippen molar-refractivity contribution in [1.29, 1.82) is 0 Å². The summed E-state index contributed by atoms with van der Waals surface area (Å²) in [5.74, 6) is 0.753. The van der Waals surface area contributed by atoms with Gasteiger partial charge in [-0.05, 0) is 6.08 Å². The first kappa shape index (κ1) is 5.01. The van der Waals surface area contributed by atoms with Crippen molar-refractivity contribution >= 4 is 0 Å². The van der Waals surface area contributed by atoms with Crippen molar-refractivity contribution in [3.8, 4) is 0 Å². The molecule has 0 aromatic heterocycles. The minimum Gasteiger partial charge on any atom is -0.482 e. The summed E-state index contributed by atoms with van der Waals surface area (Å²) in [5, 5.41) is 2.84. The standard InChI is InChI=1S/C6H7NO/c1-8-6-4-2-3-5-7-6/h2,4-5,7H,1H3. The van der Waals surface area contributed by atoms with E-state index in [9.17, 15) is 0 Å². The van der Waals surface area contributed by atoms with Crippen LogP contribution in [-0.4, -0.2) is 7.11 Å². The Morgan fingerprint density at radius 2 is 2.62 bits per heavy atom. The molecule has 1 aliphatic heterocycles. The zero-order chi connectivity index (χ0) is 5.82. The van der Waals surface area contributed by atoms with Crippen LogP contribution in [0, 0.1) is 0 Å². The molecular formula is C6H7NO. The molecule has 0 radical (unpaired) electrons. The van der Waals surface area contributed by atoms with Crippen molar-refractivity contribution < 1.29 is 4.74 Å². The average Bonchev–Trinajstić information content (AvgIpc) is 1.90. The number of rotatable bonds is 1. The summed E-state index contributed by atoms with van der Waals surface area (Å²) in [6.07, 6.45) is 5.29. The highest BCUT2D eigenvalue weighted by atomic mass is 16.5. The van der Waals surface area contributed by atoms with Crippen LogP contribution in [0.25, 0.3) is 0 Å². The largest absolute Gasteiger partial charge is 0.482 e. The molecule has 0 atom stereocenters. The summed E-state index contributed by atoms with van der Waals surface area (Å²) in [7, 11) is 1.62. The van der Waals surface area contributed by atoms with Crippen LogP contribution in [0.2, 0.25) is 0 Å². The van der Waals surface area contributed by atoms with E-state index in [-0.39, 0.29) is 0 Å². The molecule has 0 fully saturated rings. The van der Waals surface area contributed by atoms with E-state index in [1.54, 1.807) is 25.5 Å². The normalized spacial score (nSPS) is 14.9. The number of ether oxygens (including phenoxy) is 1. The van der Waals surface area contributed by atoms with E-state index in [1.165, 1.54) is 0 Å². The Balaban J connectivity index is 2.63. The van der Waals surface area contributed by atoms with E-state index in [4.69, 9.17) is 4.74 Å². The number of hydrogen-bond donors (Lipinski definition) is 1. The molecule has 0 saturated carbocycles. The van der Waals surface area contributed by atoms with E-state index in [2.05, 4.69) is 11.0 Å². The zero-order valence-corrected chi connectivity index (χ0v) is 4.64. The molecule has 1 N–H and O–H groups in total. The van der Waals surface area contributed by atoms with Gasteiger partial charge in [-0.3, -0.25) is 0 Å². The number of nitrogens with one attached hydrogen (secondary N) is 1. The molecule has 2 heteroatoms. The fourth-order valence-electron chi connectivity index (χ4n) is 0.460. The van der Waals surface area contributed by atoms with Crippen molar-refractivity contribution in [2.75, 3.05) is 7.11 Å². The van der Waals surface area contributed by atoms with Gasteiger partial charge in [0.05, 0.1) is 7.11 Å². The van der Waals surface area contributed by atoms with Crippen LogP contribution in [0.3, 0.4) is 0 Å². The molecule has 42 valence electrons. The fraction of sp³-hybridized carbons (Fsp3) is 0.167. The third-order valence-electron chi connectivity index (χ3n) is 0.849. The quantitative estimate of drug-likeness (QED) is 0.501. The van der Waals surface area contributed by atoms with Gasteiger partial charge < -0.3 is 10.1 Å². The van der Waals surface area contributed by atoms with E-state index in [0.29, 0.717) is 0 Å². The molecule has 8 heavy (non-hydrogen) atoms.